The summed E-state index contributed by atoms with van der Waals surface area (Å²) in [4.78, 5) is 4.37. The van der Waals surface area contributed by atoms with E-state index in [2.05, 4.69) is 57.9 Å². The van der Waals surface area contributed by atoms with Gasteiger partial charge in [-0.15, -0.1) is 10.2 Å². The first kappa shape index (κ1) is 14.8. The van der Waals surface area contributed by atoms with Crippen LogP contribution >= 0.6 is 11.8 Å². The lowest BCUT2D eigenvalue weighted by atomic mass is 10.1. The van der Waals surface area contributed by atoms with Gasteiger partial charge in [-0.25, -0.2) is 0 Å². The number of thioether (sulfide) groups is 1. The summed E-state index contributed by atoms with van der Waals surface area (Å²) in [6, 6.07) is 14.3. The molecule has 22 heavy (non-hydrogen) atoms. The van der Waals surface area contributed by atoms with Gasteiger partial charge in [-0.1, -0.05) is 42.1 Å². The highest BCUT2D eigenvalue weighted by Gasteiger charge is 2.14. The van der Waals surface area contributed by atoms with E-state index >= 15 is 0 Å². The average molecular weight is 310 g/mol. The Labute approximate surface area is 134 Å². The molecule has 0 radical (unpaired) electrons. The van der Waals surface area contributed by atoms with Gasteiger partial charge in [-0.05, 0) is 37.1 Å². The monoisotopic (exact) mass is 310 g/mol. The molecule has 0 amide bonds. The predicted molar refractivity (Wildman–Crippen MR) is 89.7 cm³/mol. The summed E-state index contributed by atoms with van der Waals surface area (Å²) in [6.45, 7) is 5.07. The lowest BCUT2D eigenvalue weighted by Crippen LogP contribution is -2.01. The molecule has 0 saturated heterocycles. The summed E-state index contributed by atoms with van der Waals surface area (Å²) < 4.78 is 2.12. The zero-order valence-electron chi connectivity index (χ0n) is 12.7. The first-order chi connectivity index (χ1) is 10.8. The van der Waals surface area contributed by atoms with Crippen LogP contribution in [0.25, 0.3) is 11.5 Å². The van der Waals surface area contributed by atoms with Gasteiger partial charge in [-0.2, -0.15) is 0 Å². The third kappa shape index (κ3) is 3.04. The predicted octanol–water partition coefficient (Wildman–Crippen LogP) is 3.96. The second-order valence-electron chi connectivity index (χ2n) is 4.98. The molecule has 3 rings (SSSR count). The number of nitrogens with zero attached hydrogens (tertiary/aromatic N) is 4. The van der Waals surface area contributed by atoms with Crippen molar-refractivity contribution in [2.75, 3.05) is 0 Å². The van der Waals surface area contributed by atoms with Crippen LogP contribution in [0.1, 0.15) is 18.1 Å². The number of hydrogen-bond donors (Lipinski definition) is 0. The Morgan fingerprint density at radius 2 is 1.86 bits per heavy atom. The van der Waals surface area contributed by atoms with E-state index in [9.17, 15) is 0 Å². The van der Waals surface area contributed by atoms with Crippen molar-refractivity contribution in [2.45, 2.75) is 31.3 Å². The average Bonchev–Trinajstić information content (AvgIpc) is 2.98. The van der Waals surface area contributed by atoms with Crippen molar-refractivity contribution in [3.05, 3.63) is 59.8 Å². The van der Waals surface area contributed by atoms with Gasteiger partial charge in [0.15, 0.2) is 11.0 Å². The van der Waals surface area contributed by atoms with Crippen molar-refractivity contribution >= 4 is 11.8 Å². The maximum Gasteiger partial charge on any atom is 0.191 e. The van der Waals surface area contributed by atoms with E-state index < -0.39 is 0 Å². The highest BCUT2D eigenvalue weighted by atomic mass is 32.2. The molecule has 0 unspecified atom stereocenters. The number of aromatic nitrogens is 4. The Balaban J connectivity index is 1.83. The zero-order valence-corrected chi connectivity index (χ0v) is 13.5. The number of rotatable bonds is 5. The summed E-state index contributed by atoms with van der Waals surface area (Å²) >= 11 is 1.72. The minimum Gasteiger partial charge on any atom is -0.301 e. The molecule has 2 heterocycles. The van der Waals surface area contributed by atoms with Crippen LogP contribution < -0.4 is 0 Å². The van der Waals surface area contributed by atoms with Gasteiger partial charge in [0.05, 0.1) is 0 Å². The first-order valence-corrected chi connectivity index (χ1v) is 8.30. The van der Waals surface area contributed by atoms with E-state index in [4.69, 9.17) is 0 Å². The lowest BCUT2D eigenvalue weighted by molar-refractivity contribution is 0.686. The fraction of sp³-hybridized carbons (Fsp3) is 0.235. The molecule has 0 fully saturated rings. The van der Waals surface area contributed by atoms with Gasteiger partial charge >= 0.3 is 0 Å². The molecule has 0 saturated carbocycles. The highest BCUT2D eigenvalue weighted by Crippen LogP contribution is 2.26. The Bertz CT molecular complexity index is 752. The van der Waals surface area contributed by atoms with Crippen molar-refractivity contribution in [1.82, 2.24) is 19.7 Å². The van der Waals surface area contributed by atoms with Crippen LogP contribution in [0.15, 0.2) is 53.8 Å². The molecule has 4 nitrogen and oxygen atoms in total. The minimum absolute atomic E-state index is 0.828. The summed E-state index contributed by atoms with van der Waals surface area (Å²) in [5.74, 6) is 1.72. The van der Waals surface area contributed by atoms with Crippen LogP contribution in [0, 0.1) is 6.92 Å². The van der Waals surface area contributed by atoms with Gasteiger partial charge in [0.1, 0.15) is 5.69 Å². The summed E-state index contributed by atoms with van der Waals surface area (Å²) in [5, 5.41) is 9.60. The van der Waals surface area contributed by atoms with Crippen LogP contribution in [0.4, 0.5) is 0 Å². The molecule has 0 aliphatic carbocycles. The van der Waals surface area contributed by atoms with E-state index in [1.54, 1.807) is 18.0 Å². The number of hydrogen-bond acceptors (Lipinski definition) is 4. The molecule has 5 heteroatoms. The van der Waals surface area contributed by atoms with E-state index in [1.807, 2.05) is 18.2 Å². The van der Waals surface area contributed by atoms with Gasteiger partial charge in [-0.3, -0.25) is 4.98 Å². The Morgan fingerprint density at radius 1 is 1.05 bits per heavy atom. The van der Waals surface area contributed by atoms with Crippen LogP contribution in [0.3, 0.4) is 0 Å². The van der Waals surface area contributed by atoms with E-state index in [-0.39, 0.29) is 0 Å². The fourth-order valence-electron chi connectivity index (χ4n) is 2.28. The minimum atomic E-state index is 0.828. The van der Waals surface area contributed by atoms with Crippen molar-refractivity contribution in [3.8, 4) is 11.5 Å². The molecule has 0 aliphatic heterocycles. The maximum absolute atomic E-state index is 4.37. The van der Waals surface area contributed by atoms with Crippen LogP contribution in [0.2, 0.25) is 0 Å². The highest BCUT2D eigenvalue weighted by molar-refractivity contribution is 7.98. The topological polar surface area (TPSA) is 43.6 Å². The van der Waals surface area contributed by atoms with Crippen LogP contribution in [0.5, 0.6) is 0 Å². The second kappa shape index (κ2) is 6.75. The van der Waals surface area contributed by atoms with E-state index in [1.165, 1.54) is 11.1 Å². The van der Waals surface area contributed by atoms with Crippen molar-refractivity contribution < 1.29 is 0 Å². The first-order valence-electron chi connectivity index (χ1n) is 7.31. The molecule has 0 aliphatic rings. The van der Waals surface area contributed by atoms with E-state index in [0.717, 1.165) is 29.0 Å². The summed E-state index contributed by atoms with van der Waals surface area (Å²) in [7, 11) is 0. The van der Waals surface area contributed by atoms with Crippen molar-refractivity contribution in [3.63, 3.8) is 0 Å². The second-order valence-corrected chi connectivity index (χ2v) is 5.92. The quantitative estimate of drug-likeness (QED) is 0.669. The number of pyridine rings is 1. The Morgan fingerprint density at radius 3 is 2.59 bits per heavy atom. The SMILES string of the molecule is CCn1c(SCc2ccccc2C)nnc1-c1ccccn1. The van der Waals surface area contributed by atoms with Crippen molar-refractivity contribution in [2.24, 2.45) is 0 Å². The molecular formula is C17H18N4S. The fourth-order valence-corrected chi connectivity index (χ4v) is 3.36. The molecule has 0 N–H and O–H groups in total. The van der Waals surface area contributed by atoms with Crippen molar-refractivity contribution in [1.29, 1.82) is 0 Å². The van der Waals surface area contributed by atoms with Gasteiger partial charge in [0, 0.05) is 18.5 Å². The molecular weight excluding hydrogens is 292 g/mol. The third-order valence-corrected chi connectivity index (χ3v) is 4.56. The molecule has 3 aromatic rings. The molecule has 0 bridgehead atoms. The maximum atomic E-state index is 4.37. The molecule has 0 atom stereocenters. The largest absolute Gasteiger partial charge is 0.301 e. The Kier molecular flexibility index (Phi) is 4.53. The smallest absolute Gasteiger partial charge is 0.191 e. The normalized spacial score (nSPS) is 10.8. The third-order valence-electron chi connectivity index (χ3n) is 3.55. The molecule has 0 spiro atoms. The zero-order chi connectivity index (χ0) is 15.4. The number of benzene rings is 1. The number of aryl methyl sites for hydroxylation is 1. The summed E-state index contributed by atoms with van der Waals surface area (Å²) in [5.41, 5.74) is 3.50. The van der Waals surface area contributed by atoms with Gasteiger partial charge in [0.25, 0.3) is 0 Å². The van der Waals surface area contributed by atoms with Gasteiger partial charge < -0.3 is 4.57 Å². The molecule has 1 aromatic carbocycles. The lowest BCUT2D eigenvalue weighted by Gasteiger charge is -2.08. The van der Waals surface area contributed by atoms with Gasteiger partial charge in [0.2, 0.25) is 0 Å². The van der Waals surface area contributed by atoms with Crippen LogP contribution in [-0.2, 0) is 12.3 Å². The summed E-state index contributed by atoms with van der Waals surface area (Å²) in [6.07, 6.45) is 1.78. The molecule has 112 valence electrons. The van der Waals surface area contributed by atoms with E-state index in [0.29, 0.717) is 0 Å². The van der Waals surface area contributed by atoms with Crippen LogP contribution in [-0.4, -0.2) is 19.7 Å². The Hall–Kier alpha value is -2.14. The molecule has 2 aromatic heterocycles. The standard InChI is InChI=1S/C17H18N4S/c1-3-21-16(15-10-6-7-11-18-15)19-20-17(21)22-12-14-9-5-4-8-13(14)2/h4-11H,3,12H2,1-2H3.